The third kappa shape index (κ3) is 5.51. The number of fused-ring (bicyclic) bond motifs is 1. The van der Waals surface area contributed by atoms with Crippen LogP contribution < -0.4 is 5.32 Å². The molecule has 0 spiro atoms. The van der Waals surface area contributed by atoms with Crippen LogP contribution in [0.3, 0.4) is 0 Å². The fraction of sp³-hybridized carbons (Fsp3) is 0.400. The molecule has 1 radical (unpaired) electrons. The number of imidazole rings is 1. The number of benzene rings is 2. The van der Waals surface area contributed by atoms with Gasteiger partial charge in [-0.2, -0.15) is 0 Å². The van der Waals surface area contributed by atoms with Crippen molar-refractivity contribution in [2.24, 2.45) is 0 Å². The van der Waals surface area contributed by atoms with Crippen molar-refractivity contribution in [3.63, 3.8) is 0 Å². The largest absolute Gasteiger partial charge is 0.383 e. The Balaban J connectivity index is 1.45. The molecule has 1 fully saturated rings. The van der Waals surface area contributed by atoms with Crippen molar-refractivity contribution in [2.75, 3.05) is 33.4 Å². The summed E-state index contributed by atoms with van der Waals surface area (Å²) in [5.74, 6) is 0.660. The standard InChI is InChI=1S/C25H31N4O2/c1-31-17-14-26-25(30)21-10-7-11-22-24(21)28-23(27-22)13-12-19-8-3-4-9-20(19)18-29-15-5-2-6-16-29/h3-4,7-11,13H,2,5-6,12,14-18H2,1H3,(H,26,30)(H,27,28). The Morgan fingerprint density at radius 1 is 1.13 bits per heavy atom. The Hall–Kier alpha value is -2.70. The Labute approximate surface area is 184 Å². The summed E-state index contributed by atoms with van der Waals surface area (Å²) in [6.45, 7) is 4.35. The molecule has 1 saturated heterocycles. The average molecular weight is 420 g/mol. The monoisotopic (exact) mass is 419 g/mol. The van der Waals surface area contributed by atoms with Gasteiger partial charge in [-0.05, 0) is 55.6 Å². The normalized spacial score (nSPS) is 14.7. The van der Waals surface area contributed by atoms with Crippen molar-refractivity contribution in [3.8, 4) is 0 Å². The zero-order chi connectivity index (χ0) is 21.5. The molecule has 0 saturated carbocycles. The predicted octanol–water partition coefficient (Wildman–Crippen LogP) is 3.72. The van der Waals surface area contributed by atoms with Gasteiger partial charge in [0.1, 0.15) is 11.3 Å². The molecule has 31 heavy (non-hydrogen) atoms. The number of piperidine rings is 1. The lowest BCUT2D eigenvalue weighted by molar-refractivity contribution is 0.0938. The van der Waals surface area contributed by atoms with Gasteiger partial charge in [0.15, 0.2) is 0 Å². The van der Waals surface area contributed by atoms with Crippen molar-refractivity contribution in [1.29, 1.82) is 0 Å². The molecule has 4 rings (SSSR count). The van der Waals surface area contributed by atoms with E-state index in [0.29, 0.717) is 24.2 Å². The smallest absolute Gasteiger partial charge is 0.253 e. The molecule has 2 aromatic carbocycles. The van der Waals surface area contributed by atoms with Gasteiger partial charge in [0, 0.05) is 26.6 Å². The summed E-state index contributed by atoms with van der Waals surface area (Å²) in [5.41, 5.74) is 4.86. The highest BCUT2D eigenvalue weighted by molar-refractivity contribution is 6.04. The topological polar surface area (TPSA) is 70.2 Å². The number of hydrogen-bond acceptors (Lipinski definition) is 4. The molecular formula is C25H31N4O2. The summed E-state index contributed by atoms with van der Waals surface area (Å²) >= 11 is 0. The van der Waals surface area contributed by atoms with E-state index in [0.717, 1.165) is 24.3 Å². The molecule has 0 bridgehead atoms. The Morgan fingerprint density at radius 3 is 2.74 bits per heavy atom. The summed E-state index contributed by atoms with van der Waals surface area (Å²) in [6, 6.07) is 14.3. The summed E-state index contributed by atoms with van der Waals surface area (Å²) in [5, 5.41) is 2.87. The van der Waals surface area contributed by atoms with E-state index in [-0.39, 0.29) is 5.91 Å². The van der Waals surface area contributed by atoms with Crippen molar-refractivity contribution < 1.29 is 9.53 Å². The third-order valence-electron chi connectivity index (χ3n) is 5.84. The Bertz CT molecular complexity index is 1010. The van der Waals surface area contributed by atoms with E-state index in [1.54, 1.807) is 7.11 Å². The van der Waals surface area contributed by atoms with Crippen LogP contribution in [0.2, 0.25) is 0 Å². The molecule has 0 atom stereocenters. The molecule has 1 amide bonds. The maximum Gasteiger partial charge on any atom is 0.253 e. The number of nitrogens with one attached hydrogen (secondary N) is 2. The van der Waals surface area contributed by atoms with Gasteiger partial charge in [-0.1, -0.05) is 36.8 Å². The van der Waals surface area contributed by atoms with Crippen LogP contribution in [0.5, 0.6) is 0 Å². The van der Waals surface area contributed by atoms with Crippen LogP contribution in [0.1, 0.15) is 46.6 Å². The highest BCUT2D eigenvalue weighted by atomic mass is 16.5. The van der Waals surface area contributed by atoms with Crippen LogP contribution in [0.25, 0.3) is 11.0 Å². The number of carbonyl (C=O) groups is 1. The quantitative estimate of drug-likeness (QED) is 0.519. The van der Waals surface area contributed by atoms with Gasteiger partial charge in [0.2, 0.25) is 0 Å². The Morgan fingerprint density at radius 2 is 1.94 bits per heavy atom. The number of aromatic amines is 1. The van der Waals surface area contributed by atoms with E-state index >= 15 is 0 Å². The fourth-order valence-electron chi connectivity index (χ4n) is 4.17. The van der Waals surface area contributed by atoms with Crippen LogP contribution in [0.4, 0.5) is 0 Å². The SMILES string of the molecule is COCCNC(=O)c1cccc2[nH]c([CH]Cc3ccccc3CN3CCCCC3)nc12. The van der Waals surface area contributed by atoms with E-state index < -0.39 is 0 Å². The highest BCUT2D eigenvalue weighted by Gasteiger charge is 2.15. The fourth-order valence-corrected chi connectivity index (χ4v) is 4.17. The van der Waals surface area contributed by atoms with E-state index in [2.05, 4.69) is 45.9 Å². The van der Waals surface area contributed by atoms with Gasteiger partial charge in [0.05, 0.1) is 17.7 Å². The van der Waals surface area contributed by atoms with Crippen molar-refractivity contribution in [3.05, 3.63) is 71.4 Å². The summed E-state index contributed by atoms with van der Waals surface area (Å²) in [4.78, 5) is 23.1. The number of para-hydroxylation sites is 1. The molecule has 6 heteroatoms. The maximum atomic E-state index is 12.5. The van der Waals surface area contributed by atoms with E-state index in [4.69, 9.17) is 9.72 Å². The molecule has 2 N–H and O–H groups in total. The predicted molar refractivity (Wildman–Crippen MR) is 123 cm³/mol. The second-order valence-electron chi connectivity index (χ2n) is 8.09. The molecule has 2 heterocycles. The van der Waals surface area contributed by atoms with Crippen LogP contribution in [-0.2, 0) is 17.7 Å². The number of rotatable bonds is 9. The first-order valence-corrected chi connectivity index (χ1v) is 11.1. The van der Waals surface area contributed by atoms with Crippen molar-refractivity contribution >= 4 is 16.9 Å². The molecule has 6 nitrogen and oxygen atoms in total. The van der Waals surface area contributed by atoms with E-state index in [1.807, 2.05) is 18.2 Å². The number of hydrogen-bond donors (Lipinski definition) is 2. The van der Waals surface area contributed by atoms with Crippen LogP contribution in [0.15, 0.2) is 42.5 Å². The highest BCUT2D eigenvalue weighted by Crippen LogP contribution is 2.21. The van der Waals surface area contributed by atoms with Gasteiger partial charge in [-0.15, -0.1) is 0 Å². The number of nitrogens with zero attached hydrogens (tertiary/aromatic N) is 2. The number of aromatic nitrogens is 2. The van der Waals surface area contributed by atoms with Crippen LogP contribution in [-0.4, -0.2) is 54.1 Å². The number of carbonyl (C=O) groups excluding carboxylic acids is 1. The van der Waals surface area contributed by atoms with Crippen LogP contribution in [0, 0.1) is 6.42 Å². The van der Waals surface area contributed by atoms with Crippen LogP contribution >= 0.6 is 0 Å². The molecule has 1 aromatic heterocycles. The van der Waals surface area contributed by atoms with Gasteiger partial charge < -0.3 is 15.0 Å². The second kappa shape index (κ2) is 10.6. The summed E-state index contributed by atoms with van der Waals surface area (Å²) < 4.78 is 5.01. The average Bonchev–Trinajstić information content (AvgIpc) is 3.22. The maximum absolute atomic E-state index is 12.5. The van der Waals surface area contributed by atoms with E-state index in [9.17, 15) is 4.79 Å². The molecule has 3 aromatic rings. The molecule has 163 valence electrons. The number of ether oxygens (including phenoxy) is 1. The van der Waals surface area contributed by atoms with Gasteiger partial charge in [-0.3, -0.25) is 9.69 Å². The van der Waals surface area contributed by atoms with Gasteiger partial charge in [-0.25, -0.2) is 4.98 Å². The molecule has 0 aliphatic carbocycles. The Kier molecular flexibility index (Phi) is 7.33. The zero-order valence-corrected chi connectivity index (χ0v) is 18.2. The number of amides is 1. The van der Waals surface area contributed by atoms with Gasteiger partial charge in [0.25, 0.3) is 5.91 Å². The second-order valence-corrected chi connectivity index (χ2v) is 8.09. The summed E-state index contributed by atoms with van der Waals surface area (Å²) in [6.07, 6.45) is 6.87. The zero-order valence-electron chi connectivity index (χ0n) is 18.2. The minimum absolute atomic E-state index is 0.132. The lowest BCUT2D eigenvalue weighted by Crippen LogP contribution is -2.29. The first kappa shape index (κ1) is 21.5. The molecule has 0 unspecified atom stereocenters. The number of methoxy groups -OCH3 is 1. The first-order chi connectivity index (χ1) is 15.2. The van der Waals surface area contributed by atoms with Crippen molar-refractivity contribution in [2.45, 2.75) is 32.2 Å². The summed E-state index contributed by atoms with van der Waals surface area (Å²) in [7, 11) is 1.62. The molecule has 1 aliphatic heterocycles. The minimum atomic E-state index is -0.132. The lowest BCUT2D eigenvalue weighted by atomic mass is 10.0. The molecular weight excluding hydrogens is 388 g/mol. The van der Waals surface area contributed by atoms with E-state index in [1.165, 1.54) is 43.5 Å². The number of H-pyrrole nitrogens is 1. The van der Waals surface area contributed by atoms with Gasteiger partial charge >= 0.3 is 0 Å². The first-order valence-electron chi connectivity index (χ1n) is 11.1. The minimum Gasteiger partial charge on any atom is -0.383 e. The lowest BCUT2D eigenvalue weighted by Gasteiger charge is -2.27. The van der Waals surface area contributed by atoms with Crippen molar-refractivity contribution in [1.82, 2.24) is 20.2 Å². The molecule has 1 aliphatic rings. The number of likely N-dealkylation sites (tertiary alicyclic amines) is 1. The third-order valence-corrected chi connectivity index (χ3v) is 5.84.